The Labute approximate surface area is 168 Å². The molecular weight excluding hydrogens is 360 g/mol. The number of nitrogens with one attached hydrogen (secondary N) is 1. The van der Waals surface area contributed by atoms with E-state index in [1.54, 1.807) is 6.08 Å². The first kappa shape index (κ1) is 18.2. The van der Waals surface area contributed by atoms with Crippen LogP contribution in [0.2, 0.25) is 0 Å². The molecule has 4 aromatic rings. The van der Waals surface area contributed by atoms with Gasteiger partial charge in [0.1, 0.15) is 17.3 Å². The van der Waals surface area contributed by atoms with Crippen molar-refractivity contribution in [3.05, 3.63) is 95.8 Å². The summed E-state index contributed by atoms with van der Waals surface area (Å²) in [6.07, 6.45) is 3.46. The van der Waals surface area contributed by atoms with E-state index in [0.29, 0.717) is 17.1 Å². The summed E-state index contributed by atoms with van der Waals surface area (Å²) in [4.78, 5) is 17.5. The zero-order valence-electron chi connectivity index (χ0n) is 15.8. The normalized spacial score (nSPS) is 11.2. The Bertz CT molecular complexity index is 1260. The van der Waals surface area contributed by atoms with E-state index in [-0.39, 0.29) is 5.57 Å². The highest BCUT2D eigenvalue weighted by atomic mass is 16.1. The monoisotopic (exact) mass is 378 g/mol. The first-order chi connectivity index (χ1) is 14.2. The number of hydrogen-bond donors (Lipinski definition) is 1. The van der Waals surface area contributed by atoms with Gasteiger partial charge in [0.05, 0.1) is 11.4 Å². The number of nitrogens with zero attached hydrogens (tertiary/aromatic N) is 3. The summed E-state index contributed by atoms with van der Waals surface area (Å²) >= 11 is 0. The molecule has 0 unspecified atom stereocenters. The standard InChI is InChI=1S/C24H18N4O/c1-17-9-5-6-12-20(17)26-24(29)19(16-25)15-21-23(18-10-3-2-4-11-18)27-22-13-7-8-14-28(21)22/h2-15H,1H3,(H,26,29)/b19-15+. The molecule has 2 heterocycles. The molecule has 29 heavy (non-hydrogen) atoms. The number of fused-ring (bicyclic) bond motifs is 1. The number of benzene rings is 2. The fourth-order valence-corrected chi connectivity index (χ4v) is 3.15. The number of imidazole rings is 1. The van der Waals surface area contributed by atoms with Crippen molar-refractivity contribution in [2.24, 2.45) is 0 Å². The molecule has 0 saturated carbocycles. The molecule has 4 rings (SSSR count). The van der Waals surface area contributed by atoms with Crippen molar-refractivity contribution in [1.82, 2.24) is 9.38 Å². The van der Waals surface area contributed by atoms with E-state index >= 15 is 0 Å². The number of rotatable bonds is 4. The molecule has 2 aromatic carbocycles. The van der Waals surface area contributed by atoms with Crippen LogP contribution in [0.5, 0.6) is 0 Å². The van der Waals surface area contributed by atoms with Gasteiger partial charge < -0.3 is 5.32 Å². The molecule has 0 fully saturated rings. The van der Waals surface area contributed by atoms with Gasteiger partial charge in [-0.05, 0) is 36.8 Å². The smallest absolute Gasteiger partial charge is 0.266 e. The molecule has 0 aliphatic carbocycles. The van der Waals surface area contributed by atoms with Crippen LogP contribution in [0.1, 0.15) is 11.3 Å². The molecule has 0 saturated heterocycles. The van der Waals surface area contributed by atoms with Gasteiger partial charge in [-0.3, -0.25) is 9.20 Å². The van der Waals surface area contributed by atoms with Gasteiger partial charge in [0.2, 0.25) is 0 Å². The van der Waals surface area contributed by atoms with Gasteiger partial charge in [0.25, 0.3) is 5.91 Å². The number of anilines is 1. The Hall–Kier alpha value is -4.17. The third-order valence-electron chi connectivity index (χ3n) is 4.65. The van der Waals surface area contributed by atoms with E-state index < -0.39 is 5.91 Å². The van der Waals surface area contributed by atoms with Crippen LogP contribution in [0.4, 0.5) is 5.69 Å². The van der Waals surface area contributed by atoms with Gasteiger partial charge in [0.15, 0.2) is 0 Å². The number of aromatic nitrogens is 2. The lowest BCUT2D eigenvalue weighted by atomic mass is 10.1. The van der Waals surface area contributed by atoms with Gasteiger partial charge in [-0.1, -0.05) is 54.6 Å². The van der Waals surface area contributed by atoms with Crippen molar-refractivity contribution in [1.29, 1.82) is 5.26 Å². The Morgan fingerprint density at radius 3 is 2.52 bits per heavy atom. The topological polar surface area (TPSA) is 70.2 Å². The zero-order chi connectivity index (χ0) is 20.2. The lowest BCUT2D eigenvalue weighted by Gasteiger charge is -2.07. The maximum absolute atomic E-state index is 12.8. The summed E-state index contributed by atoms with van der Waals surface area (Å²) in [5.74, 6) is -0.452. The summed E-state index contributed by atoms with van der Waals surface area (Å²) < 4.78 is 1.88. The lowest BCUT2D eigenvalue weighted by molar-refractivity contribution is -0.112. The van der Waals surface area contributed by atoms with Crippen molar-refractivity contribution in [2.45, 2.75) is 6.92 Å². The minimum absolute atomic E-state index is 0.0103. The van der Waals surface area contributed by atoms with Crippen molar-refractivity contribution < 1.29 is 4.79 Å². The third-order valence-corrected chi connectivity index (χ3v) is 4.65. The van der Waals surface area contributed by atoms with Crippen molar-refractivity contribution in [2.75, 3.05) is 5.32 Å². The molecule has 0 bridgehead atoms. The molecule has 5 nitrogen and oxygen atoms in total. The van der Waals surface area contributed by atoms with E-state index in [2.05, 4.69) is 5.32 Å². The van der Waals surface area contributed by atoms with Crippen LogP contribution in [-0.2, 0) is 4.79 Å². The van der Waals surface area contributed by atoms with Crippen molar-refractivity contribution >= 4 is 23.3 Å². The van der Waals surface area contributed by atoms with Crippen LogP contribution in [-0.4, -0.2) is 15.3 Å². The van der Waals surface area contributed by atoms with Gasteiger partial charge in [-0.25, -0.2) is 4.98 Å². The number of carbonyl (C=O) groups excluding carboxylic acids is 1. The molecular formula is C24H18N4O. The number of pyridine rings is 1. The second-order valence-corrected chi connectivity index (χ2v) is 6.58. The maximum Gasteiger partial charge on any atom is 0.266 e. The molecule has 0 spiro atoms. The summed E-state index contributed by atoms with van der Waals surface area (Å²) in [7, 11) is 0. The second kappa shape index (κ2) is 7.83. The van der Waals surface area contributed by atoms with Crippen molar-refractivity contribution in [3.8, 4) is 17.3 Å². The van der Waals surface area contributed by atoms with Crippen LogP contribution in [0.25, 0.3) is 23.0 Å². The largest absolute Gasteiger partial charge is 0.321 e. The van der Waals surface area contributed by atoms with Gasteiger partial charge >= 0.3 is 0 Å². The molecule has 0 aliphatic rings. The highest BCUT2D eigenvalue weighted by Crippen LogP contribution is 2.26. The fourth-order valence-electron chi connectivity index (χ4n) is 3.15. The number of carbonyl (C=O) groups is 1. The van der Waals surface area contributed by atoms with E-state index in [9.17, 15) is 10.1 Å². The van der Waals surface area contributed by atoms with Gasteiger partial charge in [0, 0.05) is 17.4 Å². The Morgan fingerprint density at radius 1 is 1.03 bits per heavy atom. The average molecular weight is 378 g/mol. The molecule has 1 amide bonds. The fraction of sp³-hybridized carbons (Fsp3) is 0.0417. The van der Waals surface area contributed by atoms with E-state index in [1.807, 2.05) is 96.4 Å². The Morgan fingerprint density at radius 2 is 1.76 bits per heavy atom. The lowest BCUT2D eigenvalue weighted by Crippen LogP contribution is -2.14. The molecule has 0 aliphatic heterocycles. The van der Waals surface area contributed by atoms with Gasteiger partial charge in [-0.15, -0.1) is 0 Å². The average Bonchev–Trinajstić information content (AvgIpc) is 3.12. The summed E-state index contributed by atoms with van der Waals surface area (Å²) in [6.45, 7) is 1.91. The summed E-state index contributed by atoms with van der Waals surface area (Å²) in [5.41, 5.74) is 4.68. The molecule has 0 radical (unpaired) electrons. The molecule has 2 aromatic heterocycles. The molecule has 0 atom stereocenters. The maximum atomic E-state index is 12.8. The predicted octanol–water partition coefficient (Wildman–Crippen LogP) is 4.86. The number of aryl methyl sites for hydroxylation is 1. The Balaban J connectivity index is 1.80. The third kappa shape index (κ3) is 3.64. The SMILES string of the molecule is Cc1ccccc1NC(=O)/C(C#N)=C/c1c(-c2ccccc2)nc2ccccn12. The van der Waals surface area contributed by atoms with Crippen LogP contribution < -0.4 is 5.32 Å². The number of nitriles is 1. The number of para-hydroxylation sites is 1. The first-order valence-corrected chi connectivity index (χ1v) is 9.18. The summed E-state index contributed by atoms with van der Waals surface area (Å²) in [5, 5.41) is 12.5. The zero-order valence-corrected chi connectivity index (χ0v) is 15.8. The van der Waals surface area contributed by atoms with Crippen LogP contribution in [0.3, 0.4) is 0 Å². The van der Waals surface area contributed by atoms with E-state index in [0.717, 1.165) is 16.8 Å². The predicted molar refractivity (Wildman–Crippen MR) is 114 cm³/mol. The van der Waals surface area contributed by atoms with E-state index in [4.69, 9.17) is 4.98 Å². The molecule has 140 valence electrons. The Kier molecular flexibility index (Phi) is 4.91. The quantitative estimate of drug-likeness (QED) is 0.407. The second-order valence-electron chi connectivity index (χ2n) is 6.58. The summed E-state index contributed by atoms with van der Waals surface area (Å²) in [6, 6.07) is 24.9. The molecule has 5 heteroatoms. The van der Waals surface area contributed by atoms with Crippen LogP contribution in [0.15, 0.2) is 84.6 Å². The van der Waals surface area contributed by atoms with Crippen LogP contribution >= 0.6 is 0 Å². The van der Waals surface area contributed by atoms with E-state index in [1.165, 1.54) is 0 Å². The highest BCUT2D eigenvalue weighted by molar-refractivity contribution is 6.10. The first-order valence-electron chi connectivity index (χ1n) is 9.18. The number of amides is 1. The number of hydrogen-bond acceptors (Lipinski definition) is 3. The minimum Gasteiger partial charge on any atom is -0.321 e. The molecule has 1 N–H and O–H groups in total. The van der Waals surface area contributed by atoms with Crippen LogP contribution in [0, 0.1) is 18.3 Å². The minimum atomic E-state index is -0.452. The highest BCUT2D eigenvalue weighted by Gasteiger charge is 2.16. The van der Waals surface area contributed by atoms with Crippen molar-refractivity contribution in [3.63, 3.8) is 0 Å². The van der Waals surface area contributed by atoms with Gasteiger partial charge in [-0.2, -0.15) is 5.26 Å².